The summed E-state index contributed by atoms with van der Waals surface area (Å²) < 4.78 is 0. The molecule has 0 spiro atoms. The number of rotatable bonds is 6. The standard InChI is InChI=1S/C10H18O.C4H8O2/c1-5-10(4,11)8-6-7-9(2)3;1-2-3-4(5)6/h5,7,11H,1,6,8H2,2-4H3;2-3H2,1H3,(H,5,6). The molecule has 0 aromatic rings. The van der Waals surface area contributed by atoms with Gasteiger partial charge in [-0.15, -0.1) is 6.58 Å². The molecule has 100 valence electrons. The van der Waals surface area contributed by atoms with E-state index in [1.165, 1.54) is 5.57 Å². The van der Waals surface area contributed by atoms with Crippen LogP contribution in [-0.2, 0) is 4.79 Å². The Bertz CT molecular complexity index is 248. The Morgan fingerprint density at radius 2 is 1.94 bits per heavy atom. The van der Waals surface area contributed by atoms with Gasteiger partial charge in [0, 0.05) is 6.42 Å². The Hall–Kier alpha value is -1.09. The first-order valence-electron chi connectivity index (χ1n) is 5.96. The molecule has 17 heavy (non-hydrogen) atoms. The number of allylic oxidation sites excluding steroid dienone is 2. The number of carboxylic acids is 1. The molecule has 0 saturated carbocycles. The van der Waals surface area contributed by atoms with E-state index in [-0.39, 0.29) is 0 Å². The monoisotopic (exact) mass is 242 g/mol. The fourth-order valence-electron chi connectivity index (χ4n) is 0.969. The maximum Gasteiger partial charge on any atom is 0.303 e. The summed E-state index contributed by atoms with van der Waals surface area (Å²) in [7, 11) is 0. The van der Waals surface area contributed by atoms with E-state index in [1.54, 1.807) is 13.0 Å². The highest BCUT2D eigenvalue weighted by atomic mass is 16.4. The van der Waals surface area contributed by atoms with Gasteiger partial charge >= 0.3 is 5.97 Å². The average molecular weight is 242 g/mol. The van der Waals surface area contributed by atoms with Crippen LogP contribution >= 0.6 is 0 Å². The molecule has 1 unspecified atom stereocenters. The highest BCUT2D eigenvalue weighted by molar-refractivity contribution is 5.66. The van der Waals surface area contributed by atoms with Crippen molar-refractivity contribution in [2.45, 2.75) is 59.0 Å². The second kappa shape index (κ2) is 10.1. The fraction of sp³-hybridized carbons (Fsp3) is 0.643. The molecule has 0 aromatic heterocycles. The first kappa shape index (κ1) is 18.3. The third kappa shape index (κ3) is 17.5. The Labute approximate surface area is 105 Å². The average Bonchev–Trinajstić information content (AvgIpc) is 2.17. The summed E-state index contributed by atoms with van der Waals surface area (Å²) in [6.07, 6.45) is 6.40. The molecular formula is C14H26O3. The van der Waals surface area contributed by atoms with Crippen LogP contribution in [0.3, 0.4) is 0 Å². The lowest BCUT2D eigenvalue weighted by Crippen LogP contribution is -2.19. The van der Waals surface area contributed by atoms with Crippen LogP contribution in [0.4, 0.5) is 0 Å². The van der Waals surface area contributed by atoms with E-state index in [1.807, 2.05) is 6.92 Å². The second-order valence-corrected chi connectivity index (χ2v) is 4.53. The molecule has 0 aliphatic heterocycles. The van der Waals surface area contributed by atoms with Crippen molar-refractivity contribution in [2.24, 2.45) is 0 Å². The minimum Gasteiger partial charge on any atom is -0.481 e. The lowest BCUT2D eigenvalue weighted by molar-refractivity contribution is -0.137. The van der Waals surface area contributed by atoms with E-state index in [4.69, 9.17) is 5.11 Å². The molecule has 0 aliphatic rings. The molecule has 3 nitrogen and oxygen atoms in total. The van der Waals surface area contributed by atoms with Crippen LogP contribution in [0.25, 0.3) is 0 Å². The quantitative estimate of drug-likeness (QED) is 0.700. The SMILES string of the molecule is C=CC(C)(O)CCC=C(C)C.CCCC(=O)O. The van der Waals surface area contributed by atoms with Crippen molar-refractivity contribution < 1.29 is 15.0 Å². The minimum absolute atomic E-state index is 0.292. The lowest BCUT2D eigenvalue weighted by atomic mass is 10.00. The molecule has 0 rings (SSSR count). The predicted molar refractivity (Wildman–Crippen MR) is 72.0 cm³/mol. The van der Waals surface area contributed by atoms with E-state index >= 15 is 0 Å². The Kier molecular flexibility index (Phi) is 10.8. The normalized spacial score (nSPS) is 12.8. The fourth-order valence-corrected chi connectivity index (χ4v) is 0.969. The molecule has 2 N–H and O–H groups in total. The maximum absolute atomic E-state index is 9.60. The van der Waals surface area contributed by atoms with E-state index in [0.717, 1.165) is 19.3 Å². The van der Waals surface area contributed by atoms with E-state index in [9.17, 15) is 9.90 Å². The molecule has 0 amide bonds. The molecule has 0 heterocycles. The van der Waals surface area contributed by atoms with Gasteiger partial charge in [-0.25, -0.2) is 0 Å². The summed E-state index contributed by atoms with van der Waals surface area (Å²) in [6, 6.07) is 0. The zero-order valence-electron chi connectivity index (χ0n) is 11.5. The topological polar surface area (TPSA) is 57.5 Å². The van der Waals surface area contributed by atoms with Crippen molar-refractivity contribution in [1.29, 1.82) is 0 Å². The van der Waals surface area contributed by atoms with Crippen molar-refractivity contribution in [3.8, 4) is 0 Å². The highest BCUT2D eigenvalue weighted by Crippen LogP contribution is 2.13. The molecule has 0 bridgehead atoms. The summed E-state index contributed by atoms with van der Waals surface area (Å²) in [5, 5.41) is 17.4. The predicted octanol–water partition coefficient (Wildman–Crippen LogP) is 3.54. The highest BCUT2D eigenvalue weighted by Gasteiger charge is 2.12. The van der Waals surface area contributed by atoms with Crippen LogP contribution in [0.15, 0.2) is 24.3 Å². The molecular weight excluding hydrogens is 216 g/mol. The number of aliphatic carboxylic acids is 1. The summed E-state index contributed by atoms with van der Waals surface area (Å²) >= 11 is 0. The number of carboxylic acid groups (broad SMARTS) is 1. The molecule has 0 aliphatic carbocycles. The molecule has 3 heteroatoms. The van der Waals surface area contributed by atoms with Crippen molar-refractivity contribution in [3.05, 3.63) is 24.3 Å². The van der Waals surface area contributed by atoms with Crippen LogP contribution in [-0.4, -0.2) is 21.8 Å². The zero-order chi connectivity index (χ0) is 13.9. The summed E-state index contributed by atoms with van der Waals surface area (Å²) in [4.78, 5) is 9.60. The Morgan fingerprint density at radius 3 is 2.18 bits per heavy atom. The zero-order valence-corrected chi connectivity index (χ0v) is 11.5. The number of hydrogen-bond acceptors (Lipinski definition) is 2. The van der Waals surface area contributed by atoms with Crippen LogP contribution in [0.2, 0.25) is 0 Å². The van der Waals surface area contributed by atoms with Crippen molar-refractivity contribution in [3.63, 3.8) is 0 Å². The summed E-state index contributed by atoms with van der Waals surface area (Å²) in [6.45, 7) is 11.3. The van der Waals surface area contributed by atoms with Gasteiger partial charge in [0.05, 0.1) is 5.60 Å². The van der Waals surface area contributed by atoms with Gasteiger partial charge in [0.25, 0.3) is 0 Å². The van der Waals surface area contributed by atoms with Gasteiger partial charge in [-0.05, 0) is 40.0 Å². The third-order valence-corrected chi connectivity index (χ3v) is 2.11. The number of carbonyl (C=O) groups is 1. The Morgan fingerprint density at radius 1 is 1.41 bits per heavy atom. The van der Waals surface area contributed by atoms with Gasteiger partial charge in [0.15, 0.2) is 0 Å². The van der Waals surface area contributed by atoms with Crippen molar-refractivity contribution >= 4 is 5.97 Å². The van der Waals surface area contributed by atoms with Gasteiger partial charge < -0.3 is 10.2 Å². The van der Waals surface area contributed by atoms with E-state index < -0.39 is 11.6 Å². The van der Waals surface area contributed by atoms with Gasteiger partial charge in [-0.1, -0.05) is 24.6 Å². The molecule has 0 saturated heterocycles. The second-order valence-electron chi connectivity index (χ2n) is 4.53. The lowest BCUT2D eigenvalue weighted by Gasteiger charge is -2.16. The molecule has 0 aromatic carbocycles. The minimum atomic E-state index is -0.711. The number of aliphatic hydroxyl groups is 1. The third-order valence-electron chi connectivity index (χ3n) is 2.11. The van der Waals surface area contributed by atoms with Crippen molar-refractivity contribution in [2.75, 3.05) is 0 Å². The van der Waals surface area contributed by atoms with Gasteiger partial charge in [0.2, 0.25) is 0 Å². The van der Waals surface area contributed by atoms with Crippen molar-refractivity contribution in [1.82, 2.24) is 0 Å². The Balaban J connectivity index is 0. The van der Waals surface area contributed by atoms with Crippen LogP contribution in [0.1, 0.15) is 53.4 Å². The maximum atomic E-state index is 9.60. The van der Waals surface area contributed by atoms with Gasteiger partial charge in [-0.2, -0.15) is 0 Å². The largest absolute Gasteiger partial charge is 0.481 e. The molecule has 1 atom stereocenters. The van der Waals surface area contributed by atoms with Gasteiger partial charge in [0.1, 0.15) is 0 Å². The first-order chi connectivity index (χ1) is 7.75. The smallest absolute Gasteiger partial charge is 0.303 e. The van der Waals surface area contributed by atoms with E-state index in [0.29, 0.717) is 6.42 Å². The summed E-state index contributed by atoms with van der Waals surface area (Å²) in [5.41, 5.74) is 0.594. The first-order valence-corrected chi connectivity index (χ1v) is 5.96. The number of hydrogen-bond donors (Lipinski definition) is 2. The molecule has 0 radical (unpaired) electrons. The van der Waals surface area contributed by atoms with E-state index in [2.05, 4.69) is 26.5 Å². The molecule has 0 fully saturated rings. The van der Waals surface area contributed by atoms with Gasteiger partial charge in [-0.3, -0.25) is 4.79 Å². The van der Waals surface area contributed by atoms with Crippen LogP contribution < -0.4 is 0 Å². The summed E-state index contributed by atoms with van der Waals surface area (Å²) in [5.74, 6) is -0.711. The van der Waals surface area contributed by atoms with Crippen LogP contribution in [0.5, 0.6) is 0 Å². The van der Waals surface area contributed by atoms with Crippen LogP contribution in [0, 0.1) is 0 Å².